The molecule has 0 radical (unpaired) electrons. The van der Waals surface area contributed by atoms with Crippen molar-refractivity contribution in [2.24, 2.45) is 5.41 Å². The molecule has 3 heteroatoms. The van der Waals surface area contributed by atoms with E-state index in [0.717, 1.165) is 6.42 Å². The summed E-state index contributed by atoms with van der Waals surface area (Å²) in [6.45, 7) is 3.29. The Balaban J connectivity index is 2.14. The van der Waals surface area contributed by atoms with E-state index >= 15 is 0 Å². The Morgan fingerprint density at radius 1 is 1.69 bits per heavy atom. The highest BCUT2D eigenvalue weighted by atomic mass is 32.1. The molecule has 2 heterocycles. The molecule has 0 unspecified atom stereocenters. The number of hydrogen-bond acceptors (Lipinski definition) is 3. The Labute approximate surface area is 81.8 Å². The standard InChI is InChI=1S/C10H11NOS/c1-8-2-3-13-9(8)4-10(5-11)6-12-7-10/h2-3H,4,6-7H2,1H3. The molecule has 1 aromatic rings. The van der Waals surface area contributed by atoms with Gasteiger partial charge in [-0.05, 0) is 23.9 Å². The van der Waals surface area contributed by atoms with Gasteiger partial charge in [0, 0.05) is 11.3 Å². The monoisotopic (exact) mass is 193 g/mol. The summed E-state index contributed by atoms with van der Waals surface area (Å²) < 4.78 is 5.10. The molecule has 0 N–H and O–H groups in total. The third-order valence-corrected chi connectivity index (χ3v) is 3.48. The van der Waals surface area contributed by atoms with Crippen molar-refractivity contribution in [2.75, 3.05) is 13.2 Å². The normalized spacial score (nSPS) is 19.1. The quantitative estimate of drug-likeness (QED) is 0.721. The summed E-state index contributed by atoms with van der Waals surface area (Å²) in [5, 5.41) is 11.1. The minimum atomic E-state index is -0.227. The van der Waals surface area contributed by atoms with Crippen molar-refractivity contribution < 1.29 is 4.74 Å². The topological polar surface area (TPSA) is 33.0 Å². The molecule has 2 rings (SSSR count). The van der Waals surface area contributed by atoms with Crippen molar-refractivity contribution in [1.82, 2.24) is 0 Å². The molecule has 1 fully saturated rings. The summed E-state index contributed by atoms with van der Waals surface area (Å²) in [6.07, 6.45) is 0.854. The highest BCUT2D eigenvalue weighted by Crippen LogP contribution is 2.33. The van der Waals surface area contributed by atoms with E-state index in [9.17, 15) is 0 Å². The molecule has 0 bridgehead atoms. The molecular weight excluding hydrogens is 182 g/mol. The van der Waals surface area contributed by atoms with E-state index in [4.69, 9.17) is 10.00 Å². The highest BCUT2D eigenvalue weighted by molar-refractivity contribution is 7.10. The molecule has 1 aliphatic heterocycles. The van der Waals surface area contributed by atoms with Gasteiger partial charge in [0.15, 0.2) is 0 Å². The predicted octanol–water partition coefficient (Wildman–Crippen LogP) is 2.14. The number of thiophene rings is 1. The van der Waals surface area contributed by atoms with Crippen molar-refractivity contribution in [2.45, 2.75) is 13.3 Å². The second-order valence-corrected chi connectivity index (χ2v) is 4.59. The van der Waals surface area contributed by atoms with Crippen LogP contribution in [0.1, 0.15) is 10.4 Å². The summed E-state index contributed by atoms with van der Waals surface area (Å²) in [5.74, 6) is 0. The summed E-state index contributed by atoms with van der Waals surface area (Å²) >= 11 is 1.73. The summed E-state index contributed by atoms with van der Waals surface area (Å²) in [6, 6.07) is 4.46. The van der Waals surface area contributed by atoms with Crippen molar-refractivity contribution in [3.8, 4) is 6.07 Å². The van der Waals surface area contributed by atoms with Crippen LogP contribution in [0.2, 0.25) is 0 Å². The van der Waals surface area contributed by atoms with Crippen LogP contribution in [0.5, 0.6) is 0 Å². The minimum Gasteiger partial charge on any atom is -0.378 e. The predicted molar refractivity (Wildman–Crippen MR) is 51.6 cm³/mol. The maximum atomic E-state index is 9.00. The first-order valence-electron chi connectivity index (χ1n) is 4.28. The second-order valence-electron chi connectivity index (χ2n) is 3.59. The van der Waals surface area contributed by atoms with Gasteiger partial charge in [-0.1, -0.05) is 0 Å². The van der Waals surface area contributed by atoms with E-state index in [1.807, 2.05) is 0 Å². The molecule has 13 heavy (non-hydrogen) atoms. The number of nitrogens with zero attached hydrogens (tertiary/aromatic N) is 1. The Bertz CT molecular complexity index is 346. The maximum absolute atomic E-state index is 9.00. The van der Waals surface area contributed by atoms with Crippen LogP contribution in [0.15, 0.2) is 11.4 Å². The van der Waals surface area contributed by atoms with Gasteiger partial charge in [-0.2, -0.15) is 5.26 Å². The maximum Gasteiger partial charge on any atom is 0.109 e. The van der Waals surface area contributed by atoms with Crippen LogP contribution in [0.25, 0.3) is 0 Å². The Morgan fingerprint density at radius 2 is 2.46 bits per heavy atom. The smallest absolute Gasteiger partial charge is 0.109 e. The van der Waals surface area contributed by atoms with E-state index in [2.05, 4.69) is 24.4 Å². The Hall–Kier alpha value is -0.850. The van der Waals surface area contributed by atoms with Gasteiger partial charge in [-0.3, -0.25) is 0 Å². The Morgan fingerprint density at radius 3 is 2.85 bits per heavy atom. The molecule has 2 nitrogen and oxygen atoms in total. The molecule has 0 aromatic carbocycles. The summed E-state index contributed by atoms with van der Waals surface area (Å²) in [7, 11) is 0. The summed E-state index contributed by atoms with van der Waals surface area (Å²) in [5.41, 5.74) is 1.07. The van der Waals surface area contributed by atoms with E-state index in [1.165, 1.54) is 10.4 Å². The van der Waals surface area contributed by atoms with Crippen molar-refractivity contribution >= 4 is 11.3 Å². The van der Waals surface area contributed by atoms with Crippen LogP contribution < -0.4 is 0 Å². The van der Waals surface area contributed by atoms with Gasteiger partial charge in [-0.15, -0.1) is 11.3 Å². The minimum absolute atomic E-state index is 0.227. The lowest BCUT2D eigenvalue weighted by atomic mass is 9.83. The second kappa shape index (κ2) is 3.13. The molecule has 0 amide bonds. The number of ether oxygens (including phenoxy) is 1. The van der Waals surface area contributed by atoms with E-state index < -0.39 is 0 Å². The molecule has 68 valence electrons. The molecule has 1 aliphatic rings. The molecule has 0 aliphatic carbocycles. The highest BCUT2D eigenvalue weighted by Gasteiger charge is 2.39. The van der Waals surface area contributed by atoms with Crippen LogP contribution >= 0.6 is 11.3 Å². The lowest BCUT2D eigenvalue weighted by Gasteiger charge is -2.34. The van der Waals surface area contributed by atoms with Gasteiger partial charge in [0.1, 0.15) is 5.41 Å². The number of nitriles is 1. The fourth-order valence-electron chi connectivity index (χ4n) is 1.45. The van der Waals surface area contributed by atoms with Crippen LogP contribution in [-0.4, -0.2) is 13.2 Å². The SMILES string of the molecule is Cc1ccsc1CC1(C#N)COC1. The van der Waals surface area contributed by atoms with Crippen LogP contribution in [0.3, 0.4) is 0 Å². The van der Waals surface area contributed by atoms with Gasteiger partial charge in [-0.25, -0.2) is 0 Å². The van der Waals surface area contributed by atoms with Crippen molar-refractivity contribution in [3.05, 3.63) is 21.9 Å². The van der Waals surface area contributed by atoms with Crippen LogP contribution in [0.4, 0.5) is 0 Å². The zero-order valence-corrected chi connectivity index (χ0v) is 8.36. The van der Waals surface area contributed by atoms with Crippen LogP contribution in [0, 0.1) is 23.7 Å². The van der Waals surface area contributed by atoms with Gasteiger partial charge in [0.05, 0.1) is 19.3 Å². The van der Waals surface area contributed by atoms with E-state index in [1.54, 1.807) is 11.3 Å². The zero-order valence-electron chi connectivity index (χ0n) is 7.54. The average Bonchev–Trinajstić information content (AvgIpc) is 2.44. The number of hydrogen-bond donors (Lipinski definition) is 0. The molecule has 0 spiro atoms. The van der Waals surface area contributed by atoms with Gasteiger partial charge < -0.3 is 4.74 Å². The van der Waals surface area contributed by atoms with Gasteiger partial charge >= 0.3 is 0 Å². The van der Waals surface area contributed by atoms with Crippen molar-refractivity contribution in [3.63, 3.8) is 0 Å². The molecule has 0 atom stereocenters. The number of aryl methyl sites for hydroxylation is 1. The molecular formula is C10H11NOS. The molecule has 1 aromatic heterocycles. The lowest BCUT2D eigenvalue weighted by molar-refractivity contribution is -0.0761. The zero-order chi connectivity index (χ0) is 9.31. The fraction of sp³-hybridized carbons (Fsp3) is 0.500. The van der Waals surface area contributed by atoms with Crippen molar-refractivity contribution in [1.29, 1.82) is 5.26 Å². The Kier molecular flexibility index (Phi) is 2.10. The van der Waals surface area contributed by atoms with Gasteiger partial charge in [0.25, 0.3) is 0 Å². The van der Waals surface area contributed by atoms with E-state index in [0.29, 0.717) is 13.2 Å². The third-order valence-electron chi connectivity index (χ3n) is 2.46. The fourth-order valence-corrected chi connectivity index (χ4v) is 2.50. The lowest BCUT2D eigenvalue weighted by Crippen LogP contribution is -2.42. The number of rotatable bonds is 2. The first-order chi connectivity index (χ1) is 6.26. The van der Waals surface area contributed by atoms with Gasteiger partial charge in [0.2, 0.25) is 0 Å². The average molecular weight is 193 g/mol. The van der Waals surface area contributed by atoms with E-state index in [-0.39, 0.29) is 5.41 Å². The first-order valence-corrected chi connectivity index (χ1v) is 5.16. The van der Waals surface area contributed by atoms with Crippen LogP contribution in [-0.2, 0) is 11.2 Å². The largest absolute Gasteiger partial charge is 0.378 e. The molecule has 1 saturated heterocycles. The molecule has 0 saturated carbocycles. The first kappa shape index (κ1) is 8.74. The third kappa shape index (κ3) is 1.48. The summed E-state index contributed by atoms with van der Waals surface area (Å²) in [4.78, 5) is 1.32.